The lowest BCUT2D eigenvalue weighted by molar-refractivity contribution is 0.220. The summed E-state index contributed by atoms with van der Waals surface area (Å²) in [5.41, 5.74) is 11.0. The van der Waals surface area contributed by atoms with E-state index in [1.807, 2.05) is 54.6 Å². The van der Waals surface area contributed by atoms with E-state index in [1.54, 1.807) is 6.33 Å². The lowest BCUT2D eigenvalue weighted by Crippen LogP contribution is -2.04. The Morgan fingerprint density at radius 2 is 1.62 bits per heavy atom. The number of nitrogens with two attached hydrogens (primary N) is 1. The minimum atomic E-state index is -0.640. The molecular weight excluding hydrogens is 360 g/mol. The van der Waals surface area contributed by atoms with Crippen molar-refractivity contribution in [2.24, 2.45) is 0 Å². The number of nitrogen functional groups attached to an aromatic ring is 1. The molecule has 2 aromatic heterocycles. The number of anilines is 1. The van der Waals surface area contributed by atoms with Crippen molar-refractivity contribution in [3.05, 3.63) is 78.2 Å². The molecular formula is C24H24N4O. The van der Waals surface area contributed by atoms with Crippen LogP contribution in [0.3, 0.4) is 0 Å². The summed E-state index contributed by atoms with van der Waals surface area (Å²) in [6, 6.07) is 18.2. The third-order valence-corrected chi connectivity index (χ3v) is 6.01. The number of benzene rings is 2. The predicted molar refractivity (Wildman–Crippen MR) is 115 cm³/mol. The average molecular weight is 384 g/mol. The molecule has 0 aliphatic heterocycles. The van der Waals surface area contributed by atoms with Crippen LogP contribution in [0, 0.1) is 0 Å². The summed E-state index contributed by atoms with van der Waals surface area (Å²) in [4.78, 5) is 8.78. The second-order valence-corrected chi connectivity index (χ2v) is 7.78. The summed E-state index contributed by atoms with van der Waals surface area (Å²) in [6.07, 6.45) is 7.95. The Morgan fingerprint density at radius 1 is 0.931 bits per heavy atom. The first-order chi connectivity index (χ1) is 14.2. The summed E-state index contributed by atoms with van der Waals surface area (Å²) in [5.74, 6) is 0.509. The fourth-order valence-corrected chi connectivity index (χ4v) is 4.46. The molecule has 146 valence electrons. The highest BCUT2D eigenvalue weighted by Crippen LogP contribution is 2.39. The Kier molecular flexibility index (Phi) is 4.52. The van der Waals surface area contributed by atoms with Gasteiger partial charge in [-0.25, -0.2) is 9.97 Å². The molecule has 0 spiro atoms. The topological polar surface area (TPSA) is 77.0 Å². The molecule has 5 rings (SSSR count). The highest BCUT2D eigenvalue weighted by Gasteiger charge is 2.23. The van der Waals surface area contributed by atoms with E-state index >= 15 is 0 Å². The molecule has 4 aromatic rings. The molecule has 0 bridgehead atoms. The molecule has 1 atom stereocenters. The molecule has 0 amide bonds. The summed E-state index contributed by atoms with van der Waals surface area (Å²) in [5, 5.41) is 11.6. The van der Waals surface area contributed by atoms with Crippen molar-refractivity contribution in [1.82, 2.24) is 14.5 Å². The summed E-state index contributed by atoms with van der Waals surface area (Å²) >= 11 is 0. The molecule has 1 unspecified atom stereocenters. The van der Waals surface area contributed by atoms with Crippen LogP contribution in [0.4, 0.5) is 5.82 Å². The zero-order valence-corrected chi connectivity index (χ0v) is 16.2. The minimum absolute atomic E-state index is 0.472. The first kappa shape index (κ1) is 17.9. The first-order valence-corrected chi connectivity index (χ1v) is 10.2. The summed E-state index contributed by atoms with van der Waals surface area (Å²) in [7, 11) is 0. The zero-order chi connectivity index (χ0) is 19.8. The normalized spacial score (nSPS) is 15.8. The predicted octanol–water partition coefficient (Wildman–Crippen LogP) is 4.88. The van der Waals surface area contributed by atoms with Crippen molar-refractivity contribution in [2.45, 2.75) is 37.8 Å². The SMILES string of the molecule is Nc1ncnc2c1c(-c1ccc(C(O)c3ccccc3)cc1)cn2C1CCCC1. The van der Waals surface area contributed by atoms with Gasteiger partial charge in [0.05, 0.1) is 5.39 Å². The van der Waals surface area contributed by atoms with Crippen LogP contribution in [0.2, 0.25) is 0 Å². The number of hydrogen-bond acceptors (Lipinski definition) is 4. The van der Waals surface area contributed by atoms with E-state index in [-0.39, 0.29) is 0 Å². The van der Waals surface area contributed by atoms with Crippen LogP contribution in [-0.4, -0.2) is 19.6 Å². The molecule has 1 fully saturated rings. The van der Waals surface area contributed by atoms with Crippen molar-refractivity contribution in [3.8, 4) is 11.1 Å². The van der Waals surface area contributed by atoms with Crippen LogP contribution in [0.25, 0.3) is 22.2 Å². The van der Waals surface area contributed by atoms with E-state index in [9.17, 15) is 5.11 Å². The van der Waals surface area contributed by atoms with Gasteiger partial charge in [0, 0.05) is 17.8 Å². The molecule has 1 aliphatic carbocycles. The second kappa shape index (κ2) is 7.33. The smallest absolute Gasteiger partial charge is 0.146 e. The summed E-state index contributed by atoms with van der Waals surface area (Å²) in [6.45, 7) is 0. The van der Waals surface area contributed by atoms with Gasteiger partial charge < -0.3 is 15.4 Å². The number of fused-ring (bicyclic) bond motifs is 1. The third-order valence-electron chi connectivity index (χ3n) is 6.01. The van der Waals surface area contributed by atoms with E-state index < -0.39 is 6.10 Å². The first-order valence-electron chi connectivity index (χ1n) is 10.2. The Balaban J connectivity index is 1.56. The van der Waals surface area contributed by atoms with Crippen molar-refractivity contribution >= 4 is 16.9 Å². The Hall–Kier alpha value is -3.18. The third kappa shape index (κ3) is 3.17. The molecule has 0 radical (unpaired) electrons. The van der Waals surface area contributed by atoms with Gasteiger partial charge in [-0.05, 0) is 29.5 Å². The van der Waals surface area contributed by atoms with Crippen LogP contribution < -0.4 is 5.73 Å². The van der Waals surface area contributed by atoms with Crippen molar-refractivity contribution in [2.75, 3.05) is 5.73 Å². The van der Waals surface area contributed by atoms with Crippen molar-refractivity contribution in [1.29, 1.82) is 0 Å². The molecule has 1 aliphatic rings. The van der Waals surface area contributed by atoms with Crippen molar-refractivity contribution in [3.63, 3.8) is 0 Å². The van der Waals surface area contributed by atoms with Gasteiger partial charge in [-0.2, -0.15) is 0 Å². The summed E-state index contributed by atoms with van der Waals surface area (Å²) < 4.78 is 2.28. The van der Waals surface area contributed by atoms with E-state index in [2.05, 4.69) is 20.7 Å². The fourth-order valence-electron chi connectivity index (χ4n) is 4.46. The number of hydrogen-bond donors (Lipinski definition) is 2. The monoisotopic (exact) mass is 384 g/mol. The van der Waals surface area contributed by atoms with Crippen LogP contribution >= 0.6 is 0 Å². The van der Waals surface area contributed by atoms with Crippen LogP contribution in [0.15, 0.2) is 67.1 Å². The second-order valence-electron chi connectivity index (χ2n) is 7.78. The molecule has 2 aromatic carbocycles. The van der Waals surface area contributed by atoms with Gasteiger partial charge in [0.15, 0.2) is 0 Å². The van der Waals surface area contributed by atoms with Crippen LogP contribution in [0.5, 0.6) is 0 Å². The van der Waals surface area contributed by atoms with E-state index in [0.717, 1.165) is 33.3 Å². The molecule has 1 saturated carbocycles. The highest BCUT2D eigenvalue weighted by atomic mass is 16.3. The van der Waals surface area contributed by atoms with Gasteiger partial charge in [0.1, 0.15) is 23.9 Å². The maximum absolute atomic E-state index is 10.7. The molecule has 5 heteroatoms. The van der Waals surface area contributed by atoms with E-state index in [1.165, 1.54) is 25.7 Å². The quantitative estimate of drug-likeness (QED) is 0.526. The Bertz CT molecular complexity index is 1130. The molecule has 2 heterocycles. The number of aliphatic hydroxyl groups is 1. The van der Waals surface area contributed by atoms with Crippen LogP contribution in [-0.2, 0) is 0 Å². The van der Waals surface area contributed by atoms with Crippen LogP contribution in [0.1, 0.15) is 49.0 Å². The molecule has 29 heavy (non-hydrogen) atoms. The van der Waals surface area contributed by atoms with Gasteiger partial charge in [-0.3, -0.25) is 0 Å². The zero-order valence-electron chi connectivity index (χ0n) is 16.2. The number of aromatic nitrogens is 3. The maximum Gasteiger partial charge on any atom is 0.146 e. The fraction of sp³-hybridized carbons (Fsp3) is 0.250. The van der Waals surface area contributed by atoms with Gasteiger partial charge >= 0.3 is 0 Å². The lowest BCUT2D eigenvalue weighted by atomic mass is 9.98. The average Bonchev–Trinajstić information content (AvgIpc) is 3.42. The Morgan fingerprint density at radius 3 is 2.34 bits per heavy atom. The number of nitrogens with zero attached hydrogens (tertiary/aromatic N) is 3. The molecule has 3 N–H and O–H groups in total. The van der Waals surface area contributed by atoms with E-state index in [0.29, 0.717) is 11.9 Å². The van der Waals surface area contributed by atoms with E-state index in [4.69, 9.17) is 5.73 Å². The van der Waals surface area contributed by atoms with Gasteiger partial charge in [-0.15, -0.1) is 0 Å². The Labute approximate surface area is 169 Å². The van der Waals surface area contributed by atoms with Gasteiger partial charge in [-0.1, -0.05) is 67.4 Å². The highest BCUT2D eigenvalue weighted by molar-refractivity contribution is 6.00. The largest absolute Gasteiger partial charge is 0.384 e. The lowest BCUT2D eigenvalue weighted by Gasteiger charge is -2.12. The van der Waals surface area contributed by atoms with Crippen molar-refractivity contribution < 1.29 is 5.11 Å². The number of aliphatic hydroxyl groups excluding tert-OH is 1. The number of rotatable bonds is 4. The minimum Gasteiger partial charge on any atom is -0.384 e. The maximum atomic E-state index is 10.7. The standard InChI is InChI=1S/C24H24N4O/c25-23-21-20(14-28(19-8-4-5-9-19)24(21)27-15-26-23)16-10-12-18(13-11-16)22(29)17-6-2-1-3-7-17/h1-3,6-7,10-15,19,22,29H,4-5,8-9H2,(H2,25,26,27). The molecule has 5 nitrogen and oxygen atoms in total. The van der Waals surface area contributed by atoms with Gasteiger partial charge in [0.25, 0.3) is 0 Å². The van der Waals surface area contributed by atoms with Gasteiger partial charge in [0.2, 0.25) is 0 Å². The molecule has 0 saturated heterocycles.